The number of imide groups is 1. The quantitative estimate of drug-likeness (QED) is 0.0791. The van der Waals surface area contributed by atoms with Gasteiger partial charge in [-0.15, -0.1) is 0 Å². The molecule has 7 rings (SSSR count). The molecule has 4 aromatic rings. The number of ketones is 1. The first-order valence-corrected chi connectivity index (χ1v) is 19.8. The van der Waals surface area contributed by atoms with Gasteiger partial charge in [-0.2, -0.15) is 4.98 Å². The van der Waals surface area contributed by atoms with Crippen LogP contribution in [0.25, 0.3) is 0 Å². The SMILES string of the molecule is COc1cc(N2CCC[C@@H](NC(=O)CN3CCC(c4ccc(NC5CCC(=O)NC5=O)cc4)CC3)C2)ccc1Nc1ncc(Cl)c(Nc2ccccc2C(C)=O)n1. The molecule has 3 aliphatic rings. The molecule has 14 nitrogen and oxygen atoms in total. The summed E-state index contributed by atoms with van der Waals surface area (Å²) in [5.41, 5.74) is 4.89. The average Bonchev–Trinajstić information content (AvgIpc) is 3.21. The van der Waals surface area contributed by atoms with Gasteiger partial charge >= 0.3 is 0 Å². The Balaban J connectivity index is 0.888. The summed E-state index contributed by atoms with van der Waals surface area (Å²) in [7, 11) is 1.61. The number of nitrogens with one attached hydrogen (secondary N) is 5. The highest BCUT2D eigenvalue weighted by Crippen LogP contribution is 2.34. The lowest BCUT2D eigenvalue weighted by Crippen LogP contribution is -2.50. The number of para-hydroxylation sites is 1. The van der Waals surface area contributed by atoms with Crippen LogP contribution in [0.5, 0.6) is 5.75 Å². The number of amides is 3. The van der Waals surface area contributed by atoms with Gasteiger partial charge in [-0.3, -0.25) is 29.4 Å². The second-order valence-corrected chi connectivity index (χ2v) is 15.2. The Morgan fingerprint density at radius 3 is 2.49 bits per heavy atom. The van der Waals surface area contributed by atoms with Crippen LogP contribution in [-0.4, -0.2) is 90.3 Å². The first kappa shape index (κ1) is 39.5. The van der Waals surface area contributed by atoms with Crippen LogP contribution in [0.4, 0.5) is 34.5 Å². The summed E-state index contributed by atoms with van der Waals surface area (Å²) >= 11 is 6.42. The van der Waals surface area contributed by atoms with Crippen LogP contribution in [0.1, 0.15) is 67.3 Å². The van der Waals surface area contributed by atoms with E-state index in [0.29, 0.717) is 71.3 Å². The topological polar surface area (TPSA) is 170 Å². The van der Waals surface area contributed by atoms with E-state index in [-0.39, 0.29) is 29.5 Å². The summed E-state index contributed by atoms with van der Waals surface area (Å²) in [6.45, 7) is 5.13. The number of halogens is 1. The van der Waals surface area contributed by atoms with Gasteiger partial charge in [0.25, 0.3) is 0 Å². The maximum absolute atomic E-state index is 13.2. The Hall–Kier alpha value is -5.73. The van der Waals surface area contributed by atoms with Crippen molar-refractivity contribution in [3.8, 4) is 5.75 Å². The molecule has 298 valence electrons. The molecule has 5 N–H and O–H groups in total. The summed E-state index contributed by atoms with van der Waals surface area (Å²) in [6, 6.07) is 20.9. The van der Waals surface area contributed by atoms with E-state index < -0.39 is 6.04 Å². The van der Waals surface area contributed by atoms with Crippen LogP contribution >= 0.6 is 11.6 Å². The summed E-state index contributed by atoms with van der Waals surface area (Å²) in [5, 5.41) is 15.6. The van der Waals surface area contributed by atoms with E-state index in [1.54, 1.807) is 25.3 Å². The van der Waals surface area contributed by atoms with Crippen LogP contribution in [-0.2, 0) is 14.4 Å². The van der Waals surface area contributed by atoms with Crippen LogP contribution in [0.15, 0.2) is 72.9 Å². The number of rotatable bonds is 13. The van der Waals surface area contributed by atoms with Gasteiger partial charge in [-0.05, 0) is 100.0 Å². The number of hydrogen-bond acceptors (Lipinski definition) is 12. The third kappa shape index (κ3) is 9.99. The predicted molar refractivity (Wildman–Crippen MR) is 221 cm³/mol. The second kappa shape index (κ2) is 18.0. The smallest absolute Gasteiger partial charge is 0.249 e. The maximum Gasteiger partial charge on any atom is 0.249 e. The minimum Gasteiger partial charge on any atom is -0.494 e. The number of Topliss-reactive ketones (excluding diaryl/α,β-unsaturated/α-hetero) is 1. The standard InChI is InChI=1S/C42H48ClN9O5/c1-26(53)32-7-3-4-8-34(32)47-40-33(43)23-44-42(50-40)48-35-14-13-31(22-37(35)57-2)52-19-5-6-30(24-52)46-39(55)25-51-20-17-28(18-21-51)27-9-11-29(12-10-27)45-36-15-16-38(54)49-41(36)56/h3-4,7-14,22-23,28,30,36,45H,5-6,15-21,24-25H2,1-2H3,(H,46,55)(H,49,54,56)(H2,44,47,48,50)/t30-,36?/m1/s1. The van der Waals surface area contributed by atoms with E-state index in [2.05, 4.69) is 58.5 Å². The molecular weight excluding hydrogens is 746 g/mol. The van der Waals surface area contributed by atoms with Crippen LogP contribution < -0.4 is 36.2 Å². The molecule has 0 saturated carbocycles. The normalized spacial score (nSPS) is 19.0. The molecule has 57 heavy (non-hydrogen) atoms. The Kier molecular flexibility index (Phi) is 12.5. The molecule has 0 radical (unpaired) electrons. The number of ether oxygens (including phenoxy) is 1. The van der Waals surface area contributed by atoms with Crippen LogP contribution in [0.3, 0.4) is 0 Å². The molecule has 2 atom stereocenters. The molecule has 1 unspecified atom stereocenters. The summed E-state index contributed by atoms with van der Waals surface area (Å²) in [4.78, 5) is 62.3. The van der Waals surface area contributed by atoms with E-state index in [9.17, 15) is 19.2 Å². The second-order valence-electron chi connectivity index (χ2n) is 14.8. The molecule has 3 aliphatic heterocycles. The summed E-state index contributed by atoms with van der Waals surface area (Å²) in [6.07, 6.45) is 6.12. The molecule has 1 aromatic heterocycles. The average molecular weight is 794 g/mol. The van der Waals surface area contributed by atoms with Crippen molar-refractivity contribution < 1.29 is 23.9 Å². The van der Waals surface area contributed by atoms with Gasteiger partial charge in [0.05, 0.1) is 31.2 Å². The Labute approximate surface area is 337 Å². The highest BCUT2D eigenvalue weighted by Gasteiger charge is 2.28. The third-order valence-electron chi connectivity index (χ3n) is 10.8. The fourth-order valence-electron chi connectivity index (χ4n) is 7.76. The lowest BCUT2D eigenvalue weighted by atomic mass is 9.89. The fourth-order valence-corrected chi connectivity index (χ4v) is 7.89. The molecule has 0 spiro atoms. The molecule has 3 amide bonds. The number of anilines is 6. The zero-order chi connectivity index (χ0) is 39.9. The van der Waals surface area contributed by atoms with Gasteiger partial charge in [0, 0.05) is 48.6 Å². The highest BCUT2D eigenvalue weighted by atomic mass is 35.5. The monoisotopic (exact) mass is 793 g/mol. The maximum atomic E-state index is 13.2. The first-order chi connectivity index (χ1) is 27.6. The molecule has 3 saturated heterocycles. The molecule has 0 aliphatic carbocycles. The summed E-state index contributed by atoms with van der Waals surface area (Å²) < 4.78 is 5.77. The Bertz CT molecular complexity index is 2110. The van der Waals surface area contributed by atoms with Crippen molar-refractivity contribution in [3.63, 3.8) is 0 Å². The number of hydrogen-bond donors (Lipinski definition) is 5. The van der Waals surface area contributed by atoms with Crippen molar-refractivity contribution in [1.82, 2.24) is 25.5 Å². The molecule has 0 bridgehead atoms. The van der Waals surface area contributed by atoms with Crippen molar-refractivity contribution in [2.75, 3.05) is 60.7 Å². The van der Waals surface area contributed by atoms with Gasteiger partial charge in [0.2, 0.25) is 23.7 Å². The molecule has 3 fully saturated rings. The number of likely N-dealkylation sites (tertiary alicyclic amines) is 1. The van der Waals surface area contributed by atoms with Crippen LogP contribution in [0, 0.1) is 0 Å². The van der Waals surface area contributed by atoms with Crippen LogP contribution in [0.2, 0.25) is 5.02 Å². The van der Waals surface area contributed by atoms with Crippen molar-refractivity contribution in [2.24, 2.45) is 0 Å². The molecular formula is C42H48ClN9O5. The molecule has 4 heterocycles. The van der Waals surface area contributed by atoms with E-state index in [1.165, 1.54) is 18.7 Å². The van der Waals surface area contributed by atoms with Gasteiger partial charge in [0.1, 0.15) is 16.8 Å². The van der Waals surface area contributed by atoms with Crippen molar-refractivity contribution in [2.45, 2.75) is 63.5 Å². The third-order valence-corrected chi connectivity index (χ3v) is 11.1. The zero-order valence-electron chi connectivity index (χ0n) is 32.1. The molecule has 15 heteroatoms. The number of piperidine rings is 3. The number of carbonyl (C=O) groups excluding carboxylic acids is 4. The number of methoxy groups -OCH3 is 1. The minimum atomic E-state index is -0.403. The Morgan fingerprint density at radius 2 is 1.74 bits per heavy atom. The van der Waals surface area contributed by atoms with Crippen molar-refractivity contribution in [1.29, 1.82) is 0 Å². The Morgan fingerprint density at radius 1 is 0.947 bits per heavy atom. The van der Waals surface area contributed by atoms with E-state index in [0.717, 1.165) is 56.7 Å². The number of nitrogens with zero attached hydrogens (tertiary/aromatic N) is 4. The van der Waals surface area contributed by atoms with E-state index >= 15 is 0 Å². The van der Waals surface area contributed by atoms with E-state index in [1.807, 2.05) is 36.4 Å². The molecule has 3 aromatic carbocycles. The van der Waals surface area contributed by atoms with Crippen molar-refractivity contribution in [3.05, 3.63) is 89.1 Å². The zero-order valence-corrected chi connectivity index (χ0v) is 32.9. The summed E-state index contributed by atoms with van der Waals surface area (Å²) in [5.74, 6) is 1.14. The fraction of sp³-hybridized carbons (Fsp3) is 0.381. The van der Waals surface area contributed by atoms with Gasteiger partial charge in [0.15, 0.2) is 11.6 Å². The van der Waals surface area contributed by atoms with Gasteiger partial charge in [-0.1, -0.05) is 35.9 Å². The number of benzene rings is 3. The lowest BCUT2D eigenvalue weighted by Gasteiger charge is -2.36. The van der Waals surface area contributed by atoms with Gasteiger partial charge in [-0.25, -0.2) is 4.98 Å². The van der Waals surface area contributed by atoms with E-state index in [4.69, 9.17) is 16.3 Å². The number of carbonyl (C=O) groups is 4. The predicted octanol–water partition coefficient (Wildman–Crippen LogP) is 6.01. The van der Waals surface area contributed by atoms with Crippen molar-refractivity contribution >= 4 is 69.6 Å². The first-order valence-electron chi connectivity index (χ1n) is 19.4. The number of aromatic nitrogens is 2. The van der Waals surface area contributed by atoms with Gasteiger partial charge < -0.3 is 30.9 Å². The largest absolute Gasteiger partial charge is 0.494 e. The lowest BCUT2D eigenvalue weighted by molar-refractivity contribution is -0.133. The minimum absolute atomic E-state index is 0.0291. The highest BCUT2D eigenvalue weighted by molar-refractivity contribution is 6.33.